The van der Waals surface area contributed by atoms with Crippen molar-refractivity contribution in [2.24, 2.45) is 11.5 Å². The maximum absolute atomic E-state index is 11.7. The third-order valence-corrected chi connectivity index (χ3v) is 2.47. The van der Waals surface area contributed by atoms with Gasteiger partial charge in [-0.2, -0.15) is 0 Å². The Kier molecular flexibility index (Phi) is 3.03. The number of Topliss-reactive ketones (excluding diaryl/α,β-unsaturated/α-hetero) is 1. The monoisotopic (exact) mass is 232 g/mol. The lowest BCUT2D eigenvalue weighted by Gasteiger charge is -2.06. The van der Waals surface area contributed by atoms with E-state index >= 15 is 0 Å². The Morgan fingerprint density at radius 1 is 1.35 bits per heavy atom. The molecular weight excluding hydrogens is 220 g/mol. The Labute approximate surface area is 97.0 Å². The lowest BCUT2D eigenvalue weighted by atomic mass is 10.1. The summed E-state index contributed by atoms with van der Waals surface area (Å²) >= 11 is 0. The Bertz CT molecular complexity index is 618. The van der Waals surface area contributed by atoms with Crippen molar-refractivity contribution in [1.29, 1.82) is 0 Å². The summed E-state index contributed by atoms with van der Waals surface area (Å²) < 4.78 is 5.34. The van der Waals surface area contributed by atoms with Gasteiger partial charge in [0.2, 0.25) is 5.78 Å². The third-order valence-electron chi connectivity index (χ3n) is 2.47. The molecule has 2 aromatic rings. The maximum Gasteiger partial charge on any atom is 0.216 e. The van der Waals surface area contributed by atoms with Crippen LogP contribution in [0.2, 0.25) is 0 Å². The minimum Gasteiger partial charge on any atom is -0.453 e. The van der Waals surface area contributed by atoms with Crippen LogP contribution in [0.1, 0.15) is 10.6 Å². The van der Waals surface area contributed by atoms with E-state index in [2.05, 4.69) is 0 Å². The molecule has 1 heterocycles. The number of fused-ring (bicyclic) bond motifs is 1. The average Bonchev–Trinajstić information content (AvgIpc) is 2.37. The van der Waals surface area contributed by atoms with Gasteiger partial charge < -0.3 is 15.9 Å². The number of ketones is 1. The highest BCUT2D eigenvalue weighted by Gasteiger charge is 2.18. The SMILES string of the molecule is NCC(N)C(=O)c1cc(=O)c2ccccc2o1. The van der Waals surface area contributed by atoms with Crippen LogP contribution in [0.4, 0.5) is 0 Å². The van der Waals surface area contributed by atoms with E-state index in [9.17, 15) is 9.59 Å². The van der Waals surface area contributed by atoms with Crippen LogP contribution in [-0.4, -0.2) is 18.4 Å². The van der Waals surface area contributed by atoms with Gasteiger partial charge in [0.1, 0.15) is 5.58 Å². The first-order chi connectivity index (χ1) is 8.13. The molecule has 5 nitrogen and oxygen atoms in total. The molecule has 1 aromatic heterocycles. The molecule has 5 heteroatoms. The molecule has 4 N–H and O–H groups in total. The molecular formula is C12H12N2O3. The molecule has 0 aliphatic heterocycles. The number of carbonyl (C=O) groups excluding carboxylic acids is 1. The van der Waals surface area contributed by atoms with E-state index in [4.69, 9.17) is 15.9 Å². The Morgan fingerprint density at radius 2 is 2.06 bits per heavy atom. The largest absolute Gasteiger partial charge is 0.453 e. The van der Waals surface area contributed by atoms with Crippen molar-refractivity contribution < 1.29 is 9.21 Å². The molecule has 0 bridgehead atoms. The number of para-hydroxylation sites is 1. The van der Waals surface area contributed by atoms with Gasteiger partial charge >= 0.3 is 0 Å². The van der Waals surface area contributed by atoms with Crippen LogP contribution in [0.25, 0.3) is 11.0 Å². The first-order valence-corrected chi connectivity index (χ1v) is 5.16. The van der Waals surface area contributed by atoms with Gasteiger partial charge in [-0.1, -0.05) is 12.1 Å². The van der Waals surface area contributed by atoms with E-state index in [1.54, 1.807) is 24.3 Å². The summed E-state index contributed by atoms with van der Waals surface area (Å²) in [5, 5.41) is 0.436. The van der Waals surface area contributed by atoms with Crippen LogP contribution in [0.15, 0.2) is 39.5 Å². The second kappa shape index (κ2) is 4.48. The molecule has 1 atom stereocenters. The van der Waals surface area contributed by atoms with E-state index in [0.29, 0.717) is 11.0 Å². The molecule has 88 valence electrons. The number of nitrogens with two attached hydrogens (primary N) is 2. The predicted molar refractivity (Wildman–Crippen MR) is 63.8 cm³/mol. The molecule has 17 heavy (non-hydrogen) atoms. The predicted octanol–water partition coefficient (Wildman–Crippen LogP) is 0.262. The van der Waals surface area contributed by atoms with Gasteiger partial charge in [0.25, 0.3) is 0 Å². The quantitative estimate of drug-likeness (QED) is 0.739. The number of rotatable bonds is 3. The van der Waals surface area contributed by atoms with Crippen LogP contribution in [0, 0.1) is 0 Å². The van der Waals surface area contributed by atoms with Gasteiger partial charge in [0.05, 0.1) is 11.4 Å². The topological polar surface area (TPSA) is 99.3 Å². The molecule has 0 spiro atoms. The summed E-state index contributed by atoms with van der Waals surface area (Å²) in [5.41, 5.74) is 10.9. The van der Waals surface area contributed by atoms with E-state index < -0.39 is 11.8 Å². The standard InChI is InChI=1S/C12H12N2O3/c13-6-8(14)12(16)11-5-9(15)7-3-1-2-4-10(7)17-11/h1-5,8H,6,13-14H2. The lowest BCUT2D eigenvalue weighted by molar-refractivity contribution is 0.0937. The zero-order valence-electron chi connectivity index (χ0n) is 9.05. The van der Waals surface area contributed by atoms with Crippen molar-refractivity contribution in [2.45, 2.75) is 6.04 Å². The van der Waals surface area contributed by atoms with Crippen molar-refractivity contribution in [2.75, 3.05) is 6.54 Å². The van der Waals surface area contributed by atoms with Crippen molar-refractivity contribution in [1.82, 2.24) is 0 Å². The lowest BCUT2D eigenvalue weighted by Crippen LogP contribution is -2.38. The molecule has 0 saturated heterocycles. The smallest absolute Gasteiger partial charge is 0.216 e. The minimum absolute atomic E-state index is 0.00930. The fraction of sp³-hybridized carbons (Fsp3) is 0.167. The zero-order valence-corrected chi connectivity index (χ0v) is 9.05. The van der Waals surface area contributed by atoms with Crippen molar-refractivity contribution in [3.8, 4) is 0 Å². The van der Waals surface area contributed by atoms with Crippen LogP contribution in [-0.2, 0) is 0 Å². The second-order valence-electron chi connectivity index (χ2n) is 3.68. The Hall–Kier alpha value is -1.98. The van der Waals surface area contributed by atoms with Gasteiger partial charge in [0, 0.05) is 12.6 Å². The summed E-state index contributed by atoms with van der Waals surface area (Å²) in [4.78, 5) is 23.5. The summed E-state index contributed by atoms with van der Waals surface area (Å²) in [7, 11) is 0. The normalized spacial score (nSPS) is 12.6. The summed E-state index contributed by atoms with van der Waals surface area (Å²) in [5.74, 6) is -0.512. The number of hydrogen-bond acceptors (Lipinski definition) is 5. The molecule has 2 rings (SSSR count). The van der Waals surface area contributed by atoms with E-state index in [0.717, 1.165) is 6.07 Å². The molecule has 0 amide bonds. The van der Waals surface area contributed by atoms with Gasteiger partial charge in [-0.3, -0.25) is 9.59 Å². The van der Waals surface area contributed by atoms with E-state index in [1.165, 1.54) is 0 Å². The third kappa shape index (κ3) is 2.11. The Morgan fingerprint density at radius 3 is 2.76 bits per heavy atom. The number of carbonyl (C=O) groups is 1. The van der Waals surface area contributed by atoms with Crippen LogP contribution in [0.3, 0.4) is 0 Å². The van der Waals surface area contributed by atoms with Gasteiger partial charge in [-0.05, 0) is 12.1 Å². The van der Waals surface area contributed by atoms with E-state index in [-0.39, 0.29) is 17.7 Å². The highest BCUT2D eigenvalue weighted by molar-refractivity contribution is 5.98. The van der Waals surface area contributed by atoms with Crippen LogP contribution >= 0.6 is 0 Å². The summed E-state index contributed by atoms with van der Waals surface area (Å²) in [6.07, 6.45) is 0. The second-order valence-corrected chi connectivity index (χ2v) is 3.68. The molecule has 0 saturated carbocycles. The average molecular weight is 232 g/mol. The van der Waals surface area contributed by atoms with Gasteiger partial charge in [-0.25, -0.2) is 0 Å². The summed E-state index contributed by atoms with van der Waals surface area (Å²) in [6, 6.07) is 7.02. The highest BCUT2D eigenvalue weighted by atomic mass is 16.3. The fourth-order valence-electron chi connectivity index (χ4n) is 1.52. The van der Waals surface area contributed by atoms with Crippen LogP contribution < -0.4 is 16.9 Å². The molecule has 0 fully saturated rings. The maximum atomic E-state index is 11.7. The fourth-order valence-corrected chi connectivity index (χ4v) is 1.52. The molecule has 1 aromatic carbocycles. The van der Waals surface area contributed by atoms with Crippen molar-refractivity contribution in [3.05, 3.63) is 46.3 Å². The minimum atomic E-state index is -0.848. The molecule has 0 radical (unpaired) electrons. The number of benzene rings is 1. The molecule has 0 aliphatic rings. The molecule has 1 unspecified atom stereocenters. The van der Waals surface area contributed by atoms with Gasteiger partial charge in [-0.15, -0.1) is 0 Å². The van der Waals surface area contributed by atoms with Crippen LogP contribution in [0.5, 0.6) is 0 Å². The Balaban J connectivity index is 2.58. The highest BCUT2D eigenvalue weighted by Crippen LogP contribution is 2.12. The van der Waals surface area contributed by atoms with Crippen molar-refractivity contribution >= 4 is 16.8 Å². The number of hydrogen-bond donors (Lipinski definition) is 2. The van der Waals surface area contributed by atoms with Gasteiger partial charge in [0.15, 0.2) is 11.2 Å². The van der Waals surface area contributed by atoms with Crippen molar-refractivity contribution in [3.63, 3.8) is 0 Å². The summed E-state index contributed by atoms with van der Waals surface area (Å²) in [6.45, 7) is 0.00930. The molecule has 0 aliphatic carbocycles. The first kappa shape index (κ1) is 11.5. The first-order valence-electron chi connectivity index (χ1n) is 5.16. The van der Waals surface area contributed by atoms with E-state index in [1.807, 2.05) is 0 Å². The zero-order chi connectivity index (χ0) is 12.4.